The fourth-order valence-electron chi connectivity index (χ4n) is 7.12. The third-order valence-corrected chi connectivity index (χ3v) is 9.45. The van der Waals surface area contributed by atoms with Gasteiger partial charge >= 0.3 is 0 Å². The van der Waals surface area contributed by atoms with E-state index in [9.17, 15) is 15.3 Å². The number of fused-ring (bicyclic) bond motifs is 3. The first-order chi connectivity index (χ1) is 20.5. The van der Waals surface area contributed by atoms with Crippen molar-refractivity contribution in [1.29, 1.82) is 0 Å². The summed E-state index contributed by atoms with van der Waals surface area (Å²) in [5.41, 5.74) is 8.86. The van der Waals surface area contributed by atoms with Crippen LogP contribution in [-0.4, -0.2) is 15.3 Å². The molecule has 1 fully saturated rings. The Morgan fingerprint density at radius 3 is 1.71 bits per heavy atom. The van der Waals surface area contributed by atoms with Crippen LogP contribution in [-0.2, 0) is 6.54 Å². The number of benzene rings is 6. The Kier molecular flexibility index (Phi) is 5.48. The molecule has 1 aliphatic carbocycles. The molecule has 6 aromatic rings. The molecular weight excluding hydrogens is 518 g/mol. The highest BCUT2D eigenvalue weighted by molar-refractivity contribution is 6.21. The highest BCUT2D eigenvalue weighted by Gasteiger charge is 2.33. The average Bonchev–Trinajstić information content (AvgIpc) is 2.97. The minimum Gasteiger partial charge on any atom is -0.507 e. The molecule has 0 bridgehead atoms. The Hall–Kier alpha value is -4.96. The highest BCUT2D eigenvalue weighted by atomic mass is 16.3. The predicted octanol–water partition coefficient (Wildman–Crippen LogP) is 9.61. The first kappa shape index (κ1) is 24.8. The zero-order valence-electron chi connectivity index (χ0n) is 23.4. The molecule has 42 heavy (non-hydrogen) atoms. The summed E-state index contributed by atoms with van der Waals surface area (Å²) in [6.45, 7) is 2.48. The third kappa shape index (κ3) is 3.48. The number of phenolic OH excluding ortho intramolecular Hbond substituents is 3. The van der Waals surface area contributed by atoms with E-state index in [1.54, 1.807) is 6.92 Å². The monoisotopic (exact) mass is 549 g/mol. The van der Waals surface area contributed by atoms with Crippen molar-refractivity contribution in [2.75, 3.05) is 5.32 Å². The lowest BCUT2D eigenvalue weighted by Gasteiger charge is -2.31. The van der Waals surface area contributed by atoms with Crippen molar-refractivity contribution < 1.29 is 15.3 Å². The Morgan fingerprint density at radius 2 is 1.19 bits per heavy atom. The molecule has 0 atom stereocenters. The summed E-state index contributed by atoms with van der Waals surface area (Å²) in [5.74, 6) is -0.146. The minimum absolute atomic E-state index is 0.0784. The van der Waals surface area contributed by atoms with Crippen molar-refractivity contribution >= 4 is 27.2 Å². The van der Waals surface area contributed by atoms with Gasteiger partial charge in [0.15, 0.2) is 11.5 Å². The molecule has 0 unspecified atom stereocenters. The van der Waals surface area contributed by atoms with Crippen LogP contribution in [0.1, 0.15) is 41.9 Å². The van der Waals surface area contributed by atoms with Crippen molar-refractivity contribution in [2.24, 2.45) is 0 Å². The normalized spacial score (nSPS) is 14.3. The first-order valence-electron chi connectivity index (χ1n) is 14.7. The van der Waals surface area contributed by atoms with E-state index in [0.717, 1.165) is 58.0 Å². The second-order valence-corrected chi connectivity index (χ2v) is 11.7. The quantitative estimate of drug-likeness (QED) is 0.100. The number of phenols is 3. The molecule has 0 spiro atoms. The molecule has 1 aliphatic heterocycles. The SMILES string of the molecule is Cc1c(O)c(O)c(-c2cc(-c3c4ccccc4c(-c4ccccc4)c4ccccc34)cc3c2NC3)c(O)c1C1CCC1. The zero-order chi connectivity index (χ0) is 28.5. The molecule has 4 N–H and O–H groups in total. The fourth-order valence-corrected chi connectivity index (χ4v) is 7.12. The highest BCUT2D eigenvalue weighted by Crippen LogP contribution is 2.56. The van der Waals surface area contributed by atoms with Gasteiger partial charge in [0.2, 0.25) is 0 Å². The smallest absolute Gasteiger partial charge is 0.169 e. The van der Waals surface area contributed by atoms with Crippen LogP contribution in [0.4, 0.5) is 5.69 Å². The topological polar surface area (TPSA) is 72.7 Å². The number of hydrogen-bond donors (Lipinski definition) is 4. The number of anilines is 1. The Balaban J connectivity index is 1.45. The molecule has 0 saturated heterocycles. The number of nitrogens with one attached hydrogen (secondary N) is 1. The third-order valence-electron chi connectivity index (χ3n) is 9.45. The van der Waals surface area contributed by atoms with Crippen LogP contribution in [0.25, 0.3) is 54.9 Å². The van der Waals surface area contributed by atoms with Gasteiger partial charge in [-0.2, -0.15) is 0 Å². The molecule has 0 radical (unpaired) electrons. The van der Waals surface area contributed by atoms with Gasteiger partial charge in [-0.1, -0.05) is 85.3 Å². The van der Waals surface area contributed by atoms with Gasteiger partial charge in [0.1, 0.15) is 5.75 Å². The largest absolute Gasteiger partial charge is 0.507 e. The summed E-state index contributed by atoms with van der Waals surface area (Å²) in [6, 6.07) is 31.9. The molecule has 6 aromatic carbocycles. The van der Waals surface area contributed by atoms with Gasteiger partial charge in [-0.3, -0.25) is 0 Å². The lowest BCUT2D eigenvalue weighted by molar-refractivity contribution is 0.371. The summed E-state index contributed by atoms with van der Waals surface area (Å²) < 4.78 is 0. The lowest BCUT2D eigenvalue weighted by atomic mass is 9.76. The fraction of sp³-hybridized carbons (Fsp3) is 0.158. The van der Waals surface area contributed by atoms with Crippen LogP contribution in [0.2, 0.25) is 0 Å². The minimum atomic E-state index is -0.268. The Labute approximate surface area is 244 Å². The van der Waals surface area contributed by atoms with Crippen molar-refractivity contribution in [3.8, 4) is 50.6 Å². The molecule has 4 heteroatoms. The van der Waals surface area contributed by atoms with E-state index in [1.165, 1.54) is 21.9 Å². The summed E-state index contributed by atoms with van der Waals surface area (Å²) in [6.07, 6.45) is 3.05. The predicted molar refractivity (Wildman–Crippen MR) is 171 cm³/mol. The van der Waals surface area contributed by atoms with Gasteiger partial charge < -0.3 is 20.6 Å². The van der Waals surface area contributed by atoms with Crippen LogP contribution >= 0.6 is 0 Å². The summed E-state index contributed by atoms with van der Waals surface area (Å²) in [7, 11) is 0. The van der Waals surface area contributed by atoms with Gasteiger partial charge in [0.05, 0.1) is 5.56 Å². The molecule has 0 amide bonds. The maximum atomic E-state index is 11.7. The molecule has 1 heterocycles. The first-order valence-corrected chi connectivity index (χ1v) is 14.7. The second kappa shape index (κ2) is 9.28. The van der Waals surface area contributed by atoms with Gasteiger partial charge in [0, 0.05) is 28.9 Å². The number of rotatable bonds is 4. The van der Waals surface area contributed by atoms with E-state index in [2.05, 4.69) is 90.2 Å². The van der Waals surface area contributed by atoms with E-state index in [1.807, 2.05) is 6.07 Å². The summed E-state index contributed by atoms with van der Waals surface area (Å²) in [5, 5.41) is 42.0. The van der Waals surface area contributed by atoms with Crippen molar-refractivity contribution in [3.05, 3.63) is 108 Å². The molecule has 2 aliphatic rings. The van der Waals surface area contributed by atoms with Crippen LogP contribution in [0.15, 0.2) is 91.0 Å². The van der Waals surface area contributed by atoms with E-state index in [4.69, 9.17) is 0 Å². The van der Waals surface area contributed by atoms with E-state index >= 15 is 0 Å². The molecule has 1 saturated carbocycles. The second-order valence-electron chi connectivity index (χ2n) is 11.7. The number of hydrogen-bond acceptors (Lipinski definition) is 4. The van der Waals surface area contributed by atoms with Gasteiger partial charge in [-0.15, -0.1) is 0 Å². The van der Waals surface area contributed by atoms with Crippen molar-refractivity contribution in [2.45, 2.75) is 38.6 Å². The number of aromatic hydroxyl groups is 3. The van der Waals surface area contributed by atoms with E-state index in [-0.39, 0.29) is 23.2 Å². The summed E-state index contributed by atoms with van der Waals surface area (Å²) >= 11 is 0. The molecule has 8 rings (SSSR count). The maximum absolute atomic E-state index is 11.7. The Bertz CT molecular complexity index is 2000. The maximum Gasteiger partial charge on any atom is 0.169 e. The molecule has 4 nitrogen and oxygen atoms in total. The average molecular weight is 550 g/mol. The molecule has 0 aromatic heterocycles. The van der Waals surface area contributed by atoms with Gasteiger partial charge in [-0.05, 0) is 87.2 Å². The summed E-state index contributed by atoms with van der Waals surface area (Å²) in [4.78, 5) is 0. The van der Waals surface area contributed by atoms with E-state index in [0.29, 0.717) is 23.2 Å². The van der Waals surface area contributed by atoms with E-state index < -0.39 is 0 Å². The van der Waals surface area contributed by atoms with Crippen LogP contribution in [0, 0.1) is 6.92 Å². The van der Waals surface area contributed by atoms with Crippen LogP contribution in [0.5, 0.6) is 17.2 Å². The lowest BCUT2D eigenvalue weighted by Crippen LogP contribution is -2.16. The van der Waals surface area contributed by atoms with Crippen molar-refractivity contribution in [3.63, 3.8) is 0 Å². The van der Waals surface area contributed by atoms with Crippen LogP contribution in [0.3, 0.4) is 0 Å². The van der Waals surface area contributed by atoms with Crippen molar-refractivity contribution in [1.82, 2.24) is 0 Å². The molecular formula is C38H31NO3. The Morgan fingerprint density at radius 1 is 0.619 bits per heavy atom. The standard InChI is InChI=1S/C38H31NO3/c1-21-31(22-12-9-13-22)37(41)34(38(42)36(21)40)30-19-24(18-25-20-39-35(25)30)33-28-16-7-5-14-26(28)32(23-10-3-2-4-11-23)27-15-6-8-17-29(27)33/h2-8,10-11,14-19,22,39-42H,9,12-13,20H2,1H3. The van der Waals surface area contributed by atoms with Crippen LogP contribution < -0.4 is 5.32 Å². The van der Waals surface area contributed by atoms with Gasteiger partial charge in [-0.25, -0.2) is 0 Å². The zero-order valence-corrected chi connectivity index (χ0v) is 23.4. The van der Waals surface area contributed by atoms with Gasteiger partial charge in [0.25, 0.3) is 0 Å². The molecule has 206 valence electrons.